The Bertz CT molecular complexity index is 475. The van der Waals surface area contributed by atoms with Crippen LogP contribution < -0.4 is 5.32 Å². The Hall–Kier alpha value is -1.79. The van der Waals surface area contributed by atoms with Crippen molar-refractivity contribution < 1.29 is 18.0 Å². The topological polar surface area (TPSA) is 46.9 Å². The zero-order valence-corrected chi connectivity index (χ0v) is 10.3. The number of hydrogen-bond donors (Lipinski definition) is 1. The fourth-order valence-electron chi connectivity index (χ4n) is 1.44. The van der Waals surface area contributed by atoms with Gasteiger partial charge in [0.1, 0.15) is 6.54 Å². The van der Waals surface area contributed by atoms with Crippen LogP contribution in [0.15, 0.2) is 6.08 Å². The summed E-state index contributed by atoms with van der Waals surface area (Å²) in [4.78, 5) is 11.2. The molecule has 4 nitrogen and oxygen atoms in total. The molecule has 18 heavy (non-hydrogen) atoms. The molecule has 0 unspecified atom stereocenters. The zero-order chi connectivity index (χ0) is 13.9. The van der Waals surface area contributed by atoms with Crippen LogP contribution in [0.1, 0.15) is 17.0 Å². The molecule has 1 aromatic rings. The van der Waals surface area contributed by atoms with Gasteiger partial charge < -0.3 is 5.32 Å². The first-order valence-electron chi connectivity index (χ1n) is 5.23. The van der Waals surface area contributed by atoms with Crippen molar-refractivity contribution in [2.45, 2.75) is 20.0 Å². The minimum absolute atomic E-state index is 0.717. The maximum atomic E-state index is 11.9. The lowest BCUT2D eigenvalue weighted by Gasteiger charge is -2.05. The molecule has 1 rings (SSSR count). The highest BCUT2D eigenvalue weighted by molar-refractivity contribution is 5.92. The van der Waals surface area contributed by atoms with Crippen LogP contribution in [0.5, 0.6) is 0 Å². The van der Waals surface area contributed by atoms with E-state index in [2.05, 4.69) is 5.10 Å². The Morgan fingerprint density at radius 1 is 1.44 bits per heavy atom. The van der Waals surface area contributed by atoms with Crippen LogP contribution in [0.25, 0.3) is 6.08 Å². The van der Waals surface area contributed by atoms with Gasteiger partial charge in [0.05, 0.1) is 5.69 Å². The van der Waals surface area contributed by atoms with E-state index in [1.54, 1.807) is 24.0 Å². The van der Waals surface area contributed by atoms with Crippen molar-refractivity contribution >= 4 is 12.0 Å². The summed E-state index contributed by atoms with van der Waals surface area (Å²) in [6, 6.07) is 0. The van der Waals surface area contributed by atoms with Gasteiger partial charge in [0.15, 0.2) is 0 Å². The Morgan fingerprint density at radius 2 is 2.06 bits per heavy atom. The molecule has 0 aromatic carbocycles. The molecule has 7 heteroatoms. The Labute approximate surface area is 102 Å². The van der Waals surface area contributed by atoms with E-state index in [4.69, 9.17) is 0 Å². The highest BCUT2D eigenvalue weighted by atomic mass is 19.4. The summed E-state index contributed by atoms with van der Waals surface area (Å²) in [7, 11) is 1.75. The van der Waals surface area contributed by atoms with Crippen LogP contribution in [0.2, 0.25) is 0 Å². The number of amides is 1. The van der Waals surface area contributed by atoms with E-state index in [0.29, 0.717) is 0 Å². The maximum absolute atomic E-state index is 11.9. The van der Waals surface area contributed by atoms with Crippen molar-refractivity contribution in [1.82, 2.24) is 15.1 Å². The van der Waals surface area contributed by atoms with Crippen LogP contribution in [0.4, 0.5) is 13.2 Å². The predicted octanol–water partition coefficient (Wildman–Crippen LogP) is 1.73. The Balaban J connectivity index is 2.67. The quantitative estimate of drug-likeness (QED) is 0.842. The van der Waals surface area contributed by atoms with Gasteiger partial charge in [0.2, 0.25) is 5.91 Å². The number of alkyl halides is 3. The lowest BCUT2D eigenvalue weighted by atomic mass is 10.2. The van der Waals surface area contributed by atoms with Crippen molar-refractivity contribution in [3.05, 3.63) is 23.0 Å². The number of carbonyl (C=O) groups is 1. The molecular formula is C11H14F3N3O. The molecule has 1 N–H and O–H groups in total. The first-order chi connectivity index (χ1) is 8.20. The van der Waals surface area contributed by atoms with Crippen LogP contribution in [-0.2, 0) is 11.8 Å². The molecule has 0 saturated heterocycles. The second-order valence-electron chi connectivity index (χ2n) is 3.87. The largest absolute Gasteiger partial charge is 0.405 e. The summed E-state index contributed by atoms with van der Waals surface area (Å²) in [5.41, 5.74) is 2.29. The van der Waals surface area contributed by atoms with Crippen molar-refractivity contribution in [3.8, 4) is 0 Å². The molecule has 0 spiro atoms. The smallest absolute Gasteiger partial charge is 0.343 e. The standard InChI is InChI=1S/C11H14F3N3O/c1-7-9(8(2)17(3)16-7)4-5-10(18)15-6-11(12,13)14/h4-5H,6H2,1-3H3,(H,15,18)/b5-4-. The SMILES string of the molecule is Cc1nn(C)c(C)c1/C=C\C(=O)NCC(F)(F)F. The lowest BCUT2D eigenvalue weighted by molar-refractivity contribution is -0.135. The van der Waals surface area contributed by atoms with Gasteiger partial charge in [-0.2, -0.15) is 18.3 Å². The molecule has 0 atom stereocenters. The number of hydrogen-bond acceptors (Lipinski definition) is 2. The third-order valence-electron chi connectivity index (χ3n) is 2.43. The molecule has 0 aliphatic heterocycles. The molecular weight excluding hydrogens is 247 g/mol. The molecule has 0 radical (unpaired) electrons. The fraction of sp³-hybridized carbons (Fsp3) is 0.455. The Kier molecular flexibility index (Phi) is 4.15. The summed E-state index contributed by atoms with van der Waals surface area (Å²) < 4.78 is 37.2. The van der Waals surface area contributed by atoms with Crippen molar-refractivity contribution in [1.29, 1.82) is 0 Å². The number of aromatic nitrogens is 2. The normalized spacial score (nSPS) is 12.1. The van der Waals surface area contributed by atoms with E-state index in [1.165, 1.54) is 6.08 Å². The number of nitrogens with zero attached hydrogens (tertiary/aromatic N) is 2. The van der Waals surface area contributed by atoms with Gasteiger partial charge in [-0.15, -0.1) is 0 Å². The minimum Gasteiger partial charge on any atom is -0.343 e. The number of carbonyl (C=O) groups excluding carboxylic acids is 1. The molecule has 0 aliphatic carbocycles. The monoisotopic (exact) mass is 261 g/mol. The van der Waals surface area contributed by atoms with Gasteiger partial charge in [-0.25, -0.2) is 0 Å². The maximum Gasteiger partial charge on any atom is 0.405 e. The molecule has 0 bridgehead atoms. The third-order valence-corrected chi connectivity index (χ3v) is 2.43. The third kappa shape index (κ3) is 3.90. The van der Waals surface area contributed by atoms with Gasteiger partial charge in [0, 0.05) is 24.4 Å². The summed E-state index contributed by atoms with van der Waals surface area (Å²) in [6.07, 6.45) is -1.87. The second-order valence-corrected chi connectivity index (χ2v) is 3.87. The van der Waals surface area contributed by atoms with E-state index in [0.717, 1.165) is 23.0 Å². The number of halogens is 3. The van der Waals surface area contributed by atoms with E-state index in [9.17, 15) is 18.0 Å². The molecule has 1 aromatic heterocycles. The molecule has 1 heterocycles. The molecule has 0 aliphatic rings. The number of nitrogens with one attached hydrogen (secondary N) is 1. The predicted molar refractivity (Wildman–Crippen MR) is 60.8 cm³/mol. The van der Waals surface area contributed by atoms with Crippen molar-refractivity contribution in [3.63, 3.8) is 0 Å². The Morgan fingerprint density at radius 3 is 2.50 bits per heavy atom. The summed E-state index contributed by atoms with van der Waals surface area (Å²) in [5.74, 6) is -0.782. The second kappa shape index (κ2) is 5.24. The number of rotatable bonds is 3. The van der Waals surface area contributed by atoms with E-state index < -0.39 is 18.6 Å². The van der Waals surface area contributed by atoms with Crippen molar-refractivity contribution in [2.24, 2.45) is 7.05 Å². The van der Waals surface area contributed by atoms with Crippen molar-refractivity contribution in [2.75, 3.05) is 6.54 Å². The lowest BCUT2D eigenvalue weighted by Crippen LogP contribution is -2.32. The van der Waals surface area contributed by atoms with Gasteiger partial charge in [-0.3, -0.25) is 9.48 Å². The van der Waals surface area contributed by atoms with Crippen LogP contribution >= 0.6 is 0 Å². The van der Waals surface area contributed by atoms with Crippen LogP contribution in [0.3, 0.4) is 0 Å². The first kappa shape index (κ1) is 14.3. The fourth-order valence-corrected chi connectivity index (χ4v) is 1.44. The average Bonchev–Trinajstić information content (AvgIpc) is 2.47. The molecule has 0 saturated carbocycles. The number of aryl methyl sites for hydroxylation is 2. The van der Waals surface area contributed by atoms with Crippen LogP contribution in [-0.4, -0.2) is 28.4 Å². The van der Waals surface area contributed by atoms with Gasteiger partial charge >= 0.3 is 6.18 Å². The minimum atomic E-state index is -4.40. The van der Waals surface area contributed by atoms with Gasteiger partial charge in [-0.05, 0) is 19.9 Å². The molecule has 1 amide bonds. The summed E-state index contributed by atoms with van der Waals surface area (Å²) in [5, 5.41) is 5.89. The average molecular weight is 261 g/mol. The summed E-state index contributed by atoms with van der Waals surface area (Å²) in [6.45, 7) is 2.24. The summed E-state index contributed by atoms with van der Waals surface area (Å²) >= 11 is 0. The zero-order valence-electron chi connectivity index (χ0n) is 10.3. The van der Waals surface area contributed by atoms with Crippen LogP contribution in [0, 0.1) is 13.8 Å². The first-order valence-corrected chi connectivity index (χ1v) is 5.23. The van der Waals surface area contributed by atoms with E-state index in [1.807, 2.05) is 6.92 Å². The highest BCUT2D eigenvalue weighted by Gasteiger charge is 2.27. The van der Waals surface area contributed by atoms with Gasteiger partial charge in [-0.1, -0.05) is 0 Å². The highest BCUT2D eigenvalue weighted by Crippen LogP contribution is 2.14. The van der Waals surface area contributed by atoms with E-state index >= 15 is 0 Å². The van der Waals surface area contributed by atoms with Gasteiger partial charge in [0.25, 0.3) is 0 Å². The van der Waals surface area contributed by atoms with E-state index in [-0.39, 0.29) is 0 Å². The molecule has 100 valence electrons. The molecule has 0 fully saturated rings.